The maximum Gasteiger partial charge on any atom is 0.273 e. The number of halogens is 1. The van der Waals surface area contributed by atoms with E-state index in [2.05, 4.69) is 26.7 Å². The third-order valence-electron chi connectivity index (χ3n) is 7.92. The Labute approximate surface area is 219 Å². The summed E-state index contributed by atoms with van der Waals surface area (Å²) in [4.78, 5) is 31.7. The minimum absolute atomic E-state index is 0.00129. The lowest BCUT2D eigenvalue weighted by atomic mass is 9.74. The van der Waals surface area contributed by atoms with Gasteiger partial charge in [-0.3, -0.25) is 14.6 Å². The minimum Gasteiger partial charge on any atom is -0.348 e. The van der Waals surface area contributed by atoms with Crippen LogP contribution in [-0.2, 0) is 4.79 Å². The van der Waals surface area contributed by atoms with Crippen molar-refractivity contribution in [3.05, 3.63) is 69.8 Å². The number of amides is 2. The summed E-state index contributed by atoms with van der Waals surface area (Å²) in [6.07, 6.45) is 5.87. The molecule has 2 aromatic heterocycles. The number of nitrogens with one attached hydrogen (secondary N) is 1. The first-order valence-corrected chi connectivity index (χ1v) is 12.9. The molecule has 1 aromatic carbocycles. The highest BCUT2D eigenvalue weighted by molar-refractivity contribution is 6.30. The molecule has 0 spiro atoms. The molecular weight excluding hydrogens is 490 g/mol. The van der Waals surface area contributed by atoms with Crippen LogP contribution in [0.1, 0.15) is 71.0 Å². The summed E-state index contributed by atoms with van der Waals surface area (Å²) in [5.74, 6) is 0.822. The maximum atomic E-state index is 12.8. The molecule has 1 saturated heterocycles. The second-order valence-electron chi connectivity index (χ2n) is 10.4. The molecule has 10 heteroatoms. The van der Waals surface area contributed by atoms with Crippen LogP contribution in [0.25, 0.3) is 0 Å². The van der Waals surface area contributed by atoms with Gasteiger partial charge in [0.15, 0.2) is 5.69 Å². The van der Waals surface area contributed by atoms with Gasteiger partial charge >= 0.3 is 0 Å². The van der Waals surface area contributed by atoms with Crippen LogP contribution in [-0.4, -0.2) is 44.4 Å². The predicted octanol–water partition coefficient (Wildman–Crippen LogP) is 3.77. The van der Waals surface area contributed by atoms with Gasteiger partial charge in [0.2, 0.25) is 5.91 Å². The highest BCUT2D eigenvalue weighted by Gasteiger charge is 2.52. The normalized spacial score (nSPS) is 24.7. The molecule has 3 atom stereocenters. The summed E-state index contributed by atoms with van der Waals surface area (Å²) in [5, 5.41) is 21.2. The van der Waals surface area contributed by atoms with Crippen LogP contribution in [0.5, 0.6) is 0 Å². The van der Waals surface area contributed by atoms with Crippen molar-refractivity contribution in [1.82, 2.24) is 25.3 Å². The van der Waals surface area contributed by atoms with E-state index in [0.717, 1.165) is 48.3 Å². The molecule has 9 nitrogen and oxygen atoms in total. The lowest BCUT2D eigenvalue weighted by Gasteiger charge is -2.36. The molecule has 2 saturated carbocycles. The molecule has 188 valence electrons. The molecule has 1 N–H and O–H groups in total. The molecule has 2 aliphatic carbocycles. The Morgan fingerprint density at radius 1 is 1.27 bits per heavy atom. The molecule has 0 unspecified atom stereocenters. The molecule has 2 amide bonds. The maximum absolute atomic E-state index is 12.8. The standard InChI is InChI=1S/C27H26ClN7O2/c1-14-5-21(34-12-18-8-23(18)27(34)37)11-30-25(14)15(2)35-13-24(32-33-35)26(36)31-20-6-17(7-20)22-9-19(28)4-3-16(22)10-29/h3-5,9,11,13,15,17-18,20,23H,6-8,12H2,1-2H3,(H,31,36)/t15-,17?,18-,20?,23-/m1/s1. The molecule has 0 radical (unpaired) electrons. The molecule has 1 aliphatic heterocycles. The van der Waals surface area contributed by atoms with Gasteiger partial charge < -0.3 is 10.2 Å². The number of carbonyl (C=O) groups excluding carboxylic acids is 2. The average Bonchev–Trinajstić information content (AvgIpc) is 3.31. The van der Waals surface area contributed by atoms with E-state index in [0.29, 0.717) is 16.5 Å². The van der Waals surface area contributed by atoms with E-state index in [9.17, 15) is 14.9 Å². The summed E-state index contributed by atoms with van der Waals surface area (Å²) in [7, 11) is 0. The smallest absolute Gasteiger partial charge is 0.273 e. The molecular formula is C27H26ClN7O2. The van der Waals surface area contributed by atoms with Crippen LogP contribution in [0.15, 0.2) is 36.7 Å². The van der Waals surface area contributed by atoms with Crippen molar-refractivity contribution in [2.45, 2.75) is 51.1 Å². The van der Waals surface area contributed by atoms with E-state index < -0.39 is 0 Å². The number of rotatable bonds is 6. The van der Waals surface area contributed by atoms with Gasteiger partial charge in [-0.25, -0.2) is 4.68 Å². The highest BCUT2D eigenvalue weighted by atomic mass is 35.5. The van der Waals surface area contributed by atoms with Crippen LogP contribution in [0.3, 0.4) is 0 Å². The van der Waals surface area contributed by atoms with Gasteiger partial charge in [-0.15, -0.1) is 5.10 Å². The highest BCUT2D eigenvalue weighted by Crippen LogP contribution is 2.47. The Hall–Kier alpha value is -3.77. The quantitative estimate of drug-likeness (QED) is 0.534. The molecule has 3 heterocycles. The SMILES string of the molecule is Cc1cc(N2C[C@H]3C[C@H]3C2=O)cnc1[C@@H](C)n1cc(C(=O)NC2CC(c3cc(Cl)ccc3C#N)C2)nn1. The van der Waals surface area contributed by atoms with Gasteiger partial charge in [-0.1, -0.05) is 16.8 Å². The Morgan fingerprint density at radius 3 is 2.78 bits per heavy atom. The zero-order valence-corrected chi connectivity index (χ0v) is 21.3. The summed E-state index contributed by atoms with van der Waals surface area (Å²) in [6, 6.07) is 9.28. The number of aryl methyl sites for hydroxylation is 1. The van der Waals surface area contributed by atoms with Crippen molar-refractivity contribution in [2.75, 3.05) is 11.4 Å². The number of hydrogen-bond donors (Lipinski definition) is 1. The van der Waals surface area contributed by atoms with Crippen LogP contribution in [0.2, 0.25) is 5.02 Å². The van der Waals surface area contributed by atoms with Gasteiger partial charge in [0.25, 0.3) is 5.91 Å². The number of pyridine rings is 1. The van der Waals surface area contributed by atoms with Crippen LogP contribution in [0.4, 0.5) is 5.69 Å². The number of nitriles is 1. The first kappa shape index (κ1) is 23.6. The van der Waals surface area contributed by atoms with Crippen molar-refractivity contribution < 1.29 is 9.59 Å². The number of piperidine rings is 1. The Bertz CT molecular complexity index is 1460. The van der Waals surface area contributed by atoms with E-state index in [1.807, 2.05) is 30.9 Å². The first-order chi connectivity index (χ1) is 17.8. The Balaban J connectivity index is 1.08. The van der Waals surface area contributed by atoms with Crippen LogP contribution in [0, 0.1) is 30.1 Å². The first-order valence-electron chi connectivity index (χ1n) is 12.5. The number of carbonyl (C=O) groups is 2. The van der Waals surface area contributed by atoms with Gasteiger partial charge in [-0.05, 0) is 80.3 Å². The number of aromatic nitrogens is 4. The number of fused-ring (bicyclic) bond motifs is 1. The summed E-state index contributed by atoms with van der Waals surface area (Å²) in [5.41, 5.74) is 4.40. The van der Waals surface area contributed by atoms with E-state index >= 15 is 0 Å². The lowest BCUT2D eigenvalue weighted by Crippen LogP contribution is -2.43. The van der Waals surface area contributed by atoms with Gasteiger partial charge in [-0.2, -0.15) is 5.26 Å². The summed E-state index contributed by atoms with van der Waals surface area (Å²) in [6.45, 7) is 4.70. The van der Waals surface area contributed by atoms with Gasteiger partial charge in [0.05, 0.1) is 41.4 Å². The van der Waals surface area contributed by atoms with E-state index in [4.69, 9.17) is 11.6 Å². The number of hydrogen-bond acceptors (Lipinski definition) is 6. The zero-order valence-electron chi connectivity index (χ0n) is 20.6. The average molecular weight is 516 g/mol. The second-order valence-corrected chi connectivity index (χ2v) is 10.8. The third-order valence-corrected chi connectivity index (χ3v) is 8.16. The Morgan fingerprint density at radius 2 is 2.08 bits per heavy atom. The van der Waals surface area contributed by atoms with E-state index in [1.165, 1.54) is 0 Å². The Kier molecular flexibility index (Phi) is 5.72. The fourth-order valence-electron chi connectivity index (χ4n) is 5.58. The van der Waals surface area contributed by atoms with Crippen molar-refractivity contribution in [1.29, 1.82) is 5.26 Å². The van der Waals surface area contributed by atoms with Crippen molar-refractivity contribution in [3.8, 4) is 6.07 Å². The molecule has 3 fully saturated rings. The predicted molar refractivity (Wildman–Crippen MR) is 136 cm³/mol. The minimum atomic E-state index is -0.278. The molecule has 6 rings (SSSR count). The molecule has 3 aliphatic rings. The number of nitrogens with zero attached hydrogens (tertiary/aromatic N) is 6. The van der Waals surface area contributed by atoms with Crippen LogP contribution < -0.4 is 10.2 Å². The van der Waals surface area contributed by atoms with Gasteiger partial charge in [0, 0.05) is 23.5 Å². The zero-order chi connectivity index (χ0) is 25.8. The van der Waals surface area contributed by atoms with Crippen molar-refractivity contribution >= 4 is 29.1 Å². The lowest BCUT2D eigenvalue weighted by molar-refractivity contribution is -0.118. The topological polar surface area (TPSA) is 117 Å². The van der Waals surface area contributed by atoms with E-state index in [-0.39, 0.29) is 41.4 Å². The van der Waals surface area contributed by atoms with Gasteiger partial charge in [0.1, 0.15) is 0 Å². The fraction of sp³-hybridized carbons (Fsp3) is 0.407. The molecule has 37 heavy (non-hydrogen) atoms. The summed E-state index contributed by atoms with van der Waals surface area (Å²) < 4.78 is 1.63. The third kappa shape index (κ3) is 4.25. The number of benzene rings is 1. The van der Waals surface area contributed by atoms with E-state index in [1.54, 1.807) is 29.2 Å². The van der Waals surface area contributed by atoms with Crippen LogP contribution >= 0.6 is 11.6 Å². The second kappa shape index (κ2) is 8.96. The van der Waals surface area contributed by atoms with Crippen molar-refractivity contribution in [2.24, 2.45) is 11.8 Å². The molecule has 3 aromatic rings. The molecule has 0 bridgehead atoms. The monoisotopic (exact) mass is 515 g/mol. The summed E-state index contributed by atoms with van der Waals surface area (Å²) >= 11 is 6.11. The largest absolute Gasteiger partial charge is 0.348 e. The fourth-order valence-corrected chi connectivity index (χ4v) is 5.76. The number of anilines is 1. The van der Waals surface area contributed by atoms with Crippen molar-refractivity contribution in [3.63, 3.8) is 0 Å².